The molecule has 21 heavy (non-hydrogen) atoms. The first-order valence-electron chi connectivity index (χ1n) is 6.56. The van der Waals surface area contributed by atoms with Crippen molar-refractivity contribution in [2.75, 3.05) is 32.7 Å². The Bertz CT molecular complexity index is 601. The zero-order chi connectivity index (χ0) is 15.4. The minimum Gasteiger partial charge on any atom is -0.389 e. The molecule has 0 aromatic carbocycles. The van der Waals surface area contributed by atoms with Crippen molar-refractivity contribution < 1.29 is 9.84 Å². The van der Waals surface area contributed by atoms with Gasteiger partial charge >= 0.3 is 0 Å². The van der Waals surface area contributed by atoms with Gasteiger partial charge in [0.2, 0.25) is 0 Å². The van der Waals surface area contributed by atoms with Crippen molar-refractivity contribution in [1.29, 1.82) is 0 Å². The highest BCUT2D eigenvalue weighted by molar-refractivity contribution is 5.86. The summed E-state index contributed by atoms with van der Waals surface area (Å²) in [6, 6.07) is 0. The predicted molar refractivity (Wildman–Crippen MR) is 78.3 cm³/mol. The Morgan fingerprint density at radius 1 is 1.52 bits per heavy atom. The van der Waals surface area contributed by atoms with E-state index in [1.54, 1.807) is 18.0 Å². The summed E-state index contributed by atoms with van der Waals surface area (Å²) in [5, 5.41) is 14.6. The van der Waals surface area contributed by atoms with Gasteiger partial charge in [-0.25, -0.2) is 15.8 Å². The molecule has 0 spiro atoms. The number of rotatable bonds is 7. The Balaban J connectivity index is 2.16. The molecule has 0 radical (unpaired) electrons. The molecule has 1 atom stereocenters. The monoisotopic (exact) mass is 295 g/mol. The number of aliphatic hydroxyl groups is 1. The molecule has 2 rings (SSSR count). The Morgan fingerprint density at radius 2 is 2.29 bits per heavy atom. The predicted octanol–water partition coefficient (Wildman–Crippen LogP) is -0.912. The third-order valence-corrected chi connectivity index (χ3v) is 3.07. The fourth-order valence-corrected chi connectivity index (χ4v) is 2.16. The topological polar surface area (TPSA) is 114 Å². The molecule has 0 saturated heterocycles. The van der Waals surface area contributed by atoms with Gasteiger partial charge in [-0.2, -0.15) is 5.10 Å². The molecule has 4 N–H and O–H groups in total. The van der Waals surface area contributed by atoms with Crippen molar-refractivity contribution >= 4 is 16.9 Å². The van der Waals surface area contributed by atoms with E-state index in [2.05, 4.69) is 20.5 Å². The van der Waals surface area contributed by atoms with Crippen LogP contribution in [0.5, 0.6) is 0 Å². The van der Waals surface area contributed by atoms with Gasteiger partial charge in [0.25, 0.3) is 0 Å². The Kier molecular flexibility index (Phi) is 5.02. The van der Waals surface area contributed by atoms with Gasteiger partial charge in [0.05, 0.1) is 30.8 Å². The number of nitrogens with zero attached hydrogens (tertiary/aromatic N) is 5. The van der Waals surface area contributed by atoms with Gasteiger partial charge < -0.3 is 15.3 Å². The average molecular weight is 295 g/mol. The van der Waals surface area contributed by atoms with Crippen molar-refractivity contribution in [3.63, 3.8) is 0 Å². The number of methoxy groups -OCH3 is 1. The number of ether oxygens (including phenoxy) is 1. The molecule has 1 unspecified atom stereocenters. The molecule has 0 saturated carbocycles. The molecular weight excluding hydrogens is 274 g/mol. The van der Waals surface area contributed by atoms with Crippen LogP contribution in [0.2, 0.25) is 0 Å². The van der Waals surface area contributed by atoms with Gasteiger partial charge in [-0.3, -0.25) is 9.58 Å². The van der Waals surface area contributed by atoms with Gasteiger partial charge in [-0.1, -0.05) is 0 Å². The number of aliphatic hydroxyl groups excluding tert-OH is 1. The van der Waals surface area contributed by atoms with Crippen LogP contribution in [0.3, 0.4) is 0 Å². The van der Waals surface area contributed by atoms with Crippen molar-refractivity contribution in [1.82, 2.24) is 24.6 Å². The molecule has 116 valence electrons. The molecule has 2 heterocycles. The Labute approximate surface area is 122 Å². The van der Waals surface area contributed by atoms with Crippen LogP contribution in [0, 0.1) is 0 Å². The smallest absolute Gasteiger partial charge is 0.163 e. The lowest BCUT2D eigenvalue weighted by Gasteiger charge is -2.19. The van der Waals surface area contributed by atoms with Crippen molar-refractivity contribution in [3.8, 4) is 0 Å². The normalized spacial score (nSPS) is 13.0. The summed E-state index contributed by atoms with van der Waals surface area (Å²) in [5.41, 5.74) is 3.27. The molecular formula is C12H21N7O2. The first kappa shape index (κ1) is 15.6. The van der Waals surface area contributed by atoms with E-state index in [1.807, 2.05) is 19.0 Å². The molecule has 9 heteroatoms. The van der Waals surface area contributed by atoms with E-state index in [0.717, 1.165) is 5.39 Å². The second-order valence-electron chi connectivity index (χ2n) is 4.94. The summed E-state index contributed by atoms with van der Waals surface area (Å²) >= 11 is 0. The molecule has 9 nitrogen and oxygen atoms in total. The summed E-state index contributed by atoms with van der Waals surface area (Å²) in [6.45, 7) is 1.24. The van der Waals surface area contributed by atoms with Crippen molar-refractivity contribution in [2.24, 2.45) is 12.9 Å². The van der Waals surface area contributed by atoms with Gasteiger partial charge in [-0.15, -0.1) is 0 Å². The minimum absolute atomic E-state index is 0.293. The van der Waals surface area contributed by atoms with E-state index in [4.69, 9.17) is 10.6 Å². The van der Waals surface area contributed by atoms with Gasteiger partial charge in [0.1, 0.15) is 5.82 Å². The van der Waals surface area contributed by atoms with E-state index in [0.29, 0.717) is 37.0 Å². The number of hydrazine groups is 1. The first-order chi connectivity index (χ1) is 10.0. The van der Waals surface area contributed by atoms with Crippen LogP contribution in [-0.2, 0) is 18.3 Å². The third-order valence-electron chi connectivity index (χ3n) is 3.07. The number of aromatic nitrogens is 4. The number of aryl methyl sites for hydroxylation is 1. The van der Waals surface area contributed by atoms with Crippen molar-refractivity contribution in [3.05, 3.63) is 12.0 Å². The maximum absolute atomic E-state index is 9.73. The lowest BCUT2D eigenvalue weighted by Crippen LogP contribution is -2.32. The fourth-order valence-electron chi connectivity index (χ4n) is 2.16. The lowest BCUT2D eigenvalue weighted by molar-refractivity contribution is 0.0414. The SMILES string of the molecule is COCC(O)CN(C)Cc1nc(NN)c2cnn(C)c2n1. The van der Waals surface area contributed by atoms with Crippen LogP contribution in [-0.4, -0.2) is 63.2 Å². The molecule has 0 aliphatic rings. The second-order valence-corrected chi connectivity index (χ2v) is 4.94. The minimum atomic E-state index is -0.549. The number of hydrogen-bond acceptors (Lipinski definition) is 8. The fraction of sp³-hybridized carbons (Fsp3) is 0.583. The average Bonchev–Trinajstić information content (AvgIpc) is 2.80. The van der Waals surface area contributed by atoms with Crippen molar-refractivity contribution in [2.45, 2.75) is 12.6 Å². The van der Waals surface area contributed by atoms with Crippen LogP contribution in [0.15, 0.2) is 6.20 Å². The first-order valence-corrected chi connectivity index (χ1v) is 6.56. The highest BCUT2D eigenvalue weighted by Gasteiger charge is 2.14. The number of nitrogens with two attached hydrogens (primary N) is 1. The molecule has 2 aromatic heterocycles. The van der Waals surface area contributed by atoms with E-state index in [-0.39, 0.29) is 0 Å². The standard InChI is InChI=1S/C12H21N7O2/c1-18(5-8(20)7-21-3)6-10-15-11(17-13)9-4-14-19(2)12(9)16-10/h4,8,20H,5-7,13H2,1-3H3,(H,15,16,17). The molecule has 2 aromatic rings. The molecule has 0 bridgehead atoms. The van der Waals surface area contributed by atoms with Gasteiger partial charge in [-0.05, 0) is 7.05 Å². The van der Waals surface area contributed by atoms with E-state index >= 15 is 0 Å². The van der Waals surface area contributed by atoms with Crippen LogP contribution in [0.1, 0.15) is 5.82 Å². The van der Waals surface area contributed by atoms with E-state index < -0.39 is 6.10 Å². The summed E-state index contributed by atoms with van der Waals surface area (Å²) in [7, 11) is 5.25. The quantitative estimate of drug-likeness (QED) is 0.444. The largest absolute Gasteiger partial charge is 0.389 e. The molecule has 0 fully saturated rings. The summed E-state index contributed by atoms with van der Waals surface area (Å²) in [5.74, 6) is 6.64. The number of anilines is 1. The lowest BCUT2D eigenvalue weighted by atomic mass is 10.3. The Hall–Kier alpha value is -1.81. The maximum Gasteiger partial charge on any atom is 0.163 e. The zero-order valence-electron chi connectivity index (χ0n) is 12.4. The summed E-state index contributed by atoms with van der Waals surface area (Å²) in [6.07, 6.45) is 1.12. The van der Waals surface area contributed by atoms with Gasteiger partial charge in [0.15, 0.2) is 11.5 Å². The zero-order valence-corrected chi connectivity index (χ0v) is 12.4. The molecule has 0 amide bonds. The Morgan fingerprint density at radius 3 is 2.95 bits per heavy atom. The summed E-state index contributed by atoms with van der Waals surface area (Å²) in [4.78, 5) is 10.8. The number of fused-ring (bicyclic) bond motifs is 1. The highest BCUT2D eigenvalue weighted by atomic mass is 16.5. The molecule has 0 aliphatic carbocycles. The number of hydrogen-bond donors (Lipinski definition) is 3. The highest BCUT2D eigenvalue weighted by Crippen LogP contribution is 2.18. The van der Waals surface area contributed by atoms with E-state index in [1.165, 1.54) is 0 Å². The maximum atomic E-state index is 9.73. The van der Waals surface area contributed by atoms with Gasteiger partial charge in [0, 0.05) is 20.7 Å². The van der Waals surface area contributed by atoms with Crippen LogP contribution in [0.4, 0.5) is 5.82 Å². The third kappa shape index (κ3) is 3.64. The van der Waals surface area contributed by atoms with E-state index in [9.17, 15) is 5.11 Å². The van der Waals surface area contributed by atoms with Crippen LogP contribution in [0.25, 0.3) is 11.0 Å². The number of likely N-dealkylation sites (N-methyl/N-ethyl adjacent to an activating group) is 1. The van der Waals surface area contributed by atoms with Crippen LogP contribution >= 0.6 is 0 Å². The number of nitrogens with one attached hydrogen (secondary N) is 1. The number of nitrogen functional groups attached to an aromatic ring is 1. The summed E-state index contributed by atoms with van der Waals surface area (Å²) < 4.78 is 6.58. The van der Waals surface area contributed by atoms with Crippen LogP contribution < -0.4 is 11.3 Å². The second kappa shape index (κ2) is 6.76. The molecule has 0 aliphatic heterocycles.